The molecule has 0 radical (unpaired) electrons. The Bertz CT molecular complexity index is 849. The number of aromatic nitrogens is 3. The van der Waals surface area contributed by atoms with Crippen molar-refractivity contribution in [1.82, 2.24) is 14.8 Å². The molecule has 2 aromatic rings. The number of hydrogen-bond donors (Lipinski definition) is 1. The number of anilines is 1. The number of carbonyl (C=O) groups is 2. The predicted molar refractivity (Wildman–Crippen MR) is 91.8 cm³/mol. The van der Waals surface area contributed by atoms with Crippen molar-refractivity contribution >= 4 is 35.0 Å². The summed E-state index contributed by atoms with van der Waals surface area (Å²) < 4.78 is 6.21. The van der Waals surface area contributed by atoms with Gasteiger partial charge in [0.25, 0.3) is 5.91 Å². The molecule has 0 aliphatic heterocycles. The van der Waals surface area contributed by atoms with Crippen molar-refractivity contribution in [3.8, 4) is 0 Å². The molecule has 0 aliphatic carbocycles. The molecule has 0 bridgehead atoms. The van der Waals surface area contributed by atoms with Gasteiger partial charge in [-0.3, -0.25) is 24.4 Å². The maximum absolute atomic E-state index is 12.0. The molecule has 0 unspecified atom stereocenters. The molecule has 1 N–H and O–H groups in total. The summed E-state index contributed by atoms with van der Waals surface area (Å²) >= 11 is 5.71. The molecule has 0 saturated carbocycles. The maximum atomic E-state index is 12.0. The standard InChI is InChI=1S/C15H16ClN5O5/c1-8-14(21(24)25)9(2)20(19-8)7-13(22)26-10(3)15(23)18-12-5-4-11(16)6-17-12/h4-6,10H,7H2,1-3H3,(H,17,18,23)/t10-/m1/s1. The number of carbonyl (C=O) groups excluding carboxylic acids is 2. The number of ether oxygens (including phenoxy) is 1. The van der Waals surface area contributed by atoms with Crippen LogP contribution < -0.4 is 5.32 Å². The first kappa shape index (κ1) is 19.3. The Morgan fingerprint density at radius 3 is 2.65 bits per heavy atom. The van der Waals surface area contributed by atoms with E-state index in [2.05, 4.69) is 15.4 Å². The molecule has 0 spiro atoms. The van der Waals surface area contributed by atoms with Crippen LogP contribution in [0.2, 0.25) is 5.02 Å². The SMILES string of the molecule is Cc1nn(CC(=O)O[C@H](C)C(=O)Nc2ccc(Cl)cn2)c(C)c1[N+](=O)[O-]. The molecule has 0 fully saturated rings. The van der Waals surface area contributed by atoms with Crippen LogP contribution >= 0.6 is 11.6 Å². The summed E-state index contributed by atoms with van der Waals surface area (Å²) in [5.74, 6) is -1.07. The van der Waals surface area contributed by atoms with Crippen LogP contribution in [-0.4, -0.2) is 37.7 Å². The number of aryl methyl sites for hydroxylation is 1. The first-order valence-electron chi connectivity index (χ1n) is 7.49. The highest BCUT2D eigenvalue weighted by Gasteiger charge is 2.24. The number of halogens is 1. The zero-order chi connectivity index (χ0) is 19.4. The molecule has 1 atom stereocenters. The summed E-state index contributed by atoms with van der Waals surface area (Å²) in [5, 5.41) is 17.8. The van der Waals surface area contributed by atoms with Crippen molar-refractivity contribution < 1.29 is 19.2 Å². The van der Waals surface area contributed by atoms with Crippen molar-refractivity contribution in [1.29, 1.82) is 0 Å². The molecule has 26 heavy (non-hydrogen) atoms. The average molecular weight is 382 g/mol. The number of nitro groups is 1. The van der Waals surface area contributed by atoms with Gasteiger partial charge in [0.05, 0.1) is 9.95 Å². The largest absolute Gasteiger partial charge is 0.451 e. The molecule has 2 rings (SSSR count). The van der Waals surface area contributed by atoms with Crippen LogP contribution in [0.3, 0.4) is 0 Å². The van der Waals surface area contributed by atoms with E-state index in [4.69, 9.17) is 16.3 Å². The third-order valence-electron chi connectivity index (χ3n) is 3.46. The number of hydrogen-bond acceptors (Lipinski definition) is 7. The number of nitrogens with one attached hydrogen (secondary N) is 1. The zero-order valence-electron chi connectivity index (χ0n) is 14.2. The van der Waals surface area contributed by atoms with Crippen LogP contribution in [-0.2, 0) is 20.9 Å². The van der Waals surface area contributed by atoms with Crippen LogP contribution in [0.15, 0.2) is 18.3 Å². The van der Waals surface area contributed by atoms with E-state index < -0.39 is 22.9 Å². The van der Waals surface area contributed by atoms with E-state index in [0.29, 0.717) is 5.02 Å². The second-order valence-electron chi connectivity index (χ2n) is 5.42. The Kier molecular flexibility index (Phi) is 5.88. The Morgan fingerprint density at radius 1 is 1.42 bits per heavy atom. The number of amides is 1. The minimum Gasteiger partial charge on any atom is -0.451 e. The van der Waals surface area contributed by atoms with E-state index in [0.717, 1.165) is 0 Å². The van der Waals surface area contributed by atoms with Gasteiger partial charge in [-0.05, 0) is 32.9 Å². The van der Waals surface area contributed by atoms with E-state index >= 15 is 0 Å². The normalized spacial score (nSPS) is 11.7. The summed E-state index contributed by atoms with van der Waals surface area (Å²) in [6, 6.07) is 3.06. The third-order valence-corrected chi connectivity index (χ3v) is 3.68. The quantitative estimate of drug-likeness (QED) is 0.460. The number of esters is 1. The molecular formula is C15H16ClN5O5. The van der Waals surface area contributed by atoms with E-state index in [1.165, 1.54) is 37.7 Å². The Balaban J connectivity index is 1.96. The van der Waals surface area contributed by atoms with Gasteiger partial charge in [-0.2, -0.15) is 5.10 Å². The molecule has 11 heteroatoms. The predicted octanol–water partition coefficient (Wildman–Crippen LogP) is 2.03. The van der Waals surface area contributed by atoms with E-state index in [9.17, 15) is 19.7 Å². The van der Waals surface area contributed by atoms with E-state index in [1.807, 2.05) is 0 Å². The summed E-state index contributed by atoms with van der Waals surface area (Å²) in [5.41, 5.74) is 0.268. The molecular weight excluding hydrogens is 366 g/mol. The second-order valence-corrected chi connectivity index (χ2v) is 5.85. The van der Waals surface area contributed by atoms with Crippen LogP contribution in [0.25, 0.3) is 0 Å². The van der Waals surface area contributed by atoms with Crippen LogP contribution in [0, 0.1) is 24.0 Å². The van der Waals surface area contributed by atoms with Gasteiger partial charge >= 0.3 is 11.7 Å². The molecule has 0 aliphatic rings. The van der Waals surface area contributed by atoms with Gasteiger partial charge < -0.3 is 10.1 Å². The second kappa shape index (κ2) is 7.91. The minimum atomic E-state index is -1.09. The summed E-state index contributed by atoms with van der Waals surface area (Å²) in [6.45, 7) is 4.00. The molecule has 2 heterocycles. The van der Waals surface area contributed by atoms with Gasteiger partial charge in [0.1, 0.15) is 23.8 Å². The summed E-state index contributed by atoms with van der Waals surface area (Å²) in [4.78, 5) is 38.3. The van der Waals surface area contributed by atoms with Gasteiger partial charge in [0.2, 0.25) is 0 Å². The highest BCUT2D eigenvalue weighted by atomic mass is 35.5. The average Bonchev–Trinajstić information content (AvgIpc) is 2.83. The van der Waals surface area contributed by atoms with Crippen molar-refractivity contribution in [3.63, 3.8) is 0 Å². The van der Waals surface area contributed by atoms with E-state index in [1.54, 1.807) is 6.07 Å². The topological polar surface area (TPSA) is 129 Å². The summed E-state index contributed by atoms with van der Waals surface area (Å²) in [7, 11) is 0. The molecule has 2 aromatic heterocycles. The maximum Gasteiger partial charge on any atom is 0.328 e. The molecule has 1 amide bonds. The Hall–Kier alpha value is -3.01. The smallest absolute Gasteiger partial charge is 0.328 e. The van der Waals surface area contributed by atoms with Gasteiger partial charge in [0, 0.05) is 6.20 Å². The number of nitrogens with zero attached hydrogens (tertiary/aromatic N) is 4. The monoisotopic (exact) mass is 381 g/mol. The van der Waals surface area contributed by atoms with Crippen molar-refractivity contribution in [2.24, 2.45) is 0 Å². The highest BCUT2D eigenvalue weighted by Crippen LogP contribution is 2.21. The fourth-order valence-corrected chi connectivity index (χ4v) is 2.31. The lowest BCUT2D eigenvalue weighted by Crippen LogP contribution is -2.31. The van der Waals surface area contributed by atoms with Crippen LogP contribution in [0.5, 0.6) is 0 Å². The van der Waals surface area contributed by atoms with Crippen molar-refractivity contribution in [2.45, 2.75) is 33.4 Å². The fourth-order valence-electron chi connectivity index (χ4n) is 2.19. The Labute approximate surface area is 153 Å². The molecule has 138 valence electrons. The first-order chi connectivity index (χ1) is 12.2. The van der Waals surface area contributed by atoms with Crippen molar-refractivity contribution in [3.05, 3.63) is 44.9 Å². The number of rotatable bonds is 6. The Morgan fingerprint density at radius 2 is 2.12 bits per heavy atom. The minimum absolute atomic E-state index is 0.155. The highest BCUT2D eigenvalue weighted by molar-refractivity contribution is 6.30. The lowest BCUT2D eigenvalue weighted by atomic mass is 10.3. The lowest BCUT2D eigenvalue weighted by molar-refractivity contribution is -0.386. The lowest BCUT2D eigenvalue weighted by Gasteiger charge is -2.13. The molecule has 0 aromatic carbocycles. The third kappa shape index (κ3) is 4.54. The summed E-state index contributed by atoms with van der Waals surface area (Å²) in [6.07, 6.45) is 0.274. The first-order valence-corrected chi connectivity index (χ1v) is 7.87. The van der Waals surface area contributed by atoms with Crippen molar-refractivity contribution in [2.75, 3.05) is 5.32 Å². The van der Waals surface area contributed by atoms with Crippen LogP contribution in [0.1, 0.15) is 18.3 Å². The van der Waals surface area contributed by atoms with Gasteiger partial charge in [-0.1, -0.05) is 11.6 Å². The van der Waals surface area contributed by atoms with Gasteiger partial charge in [-0.25, -0.2) is 4.98 Å². The fraction of sp³-hybridized carbons (Fsp3) is 0.333. The van der Waals surface area contributed by atoms with Gasteiger partial charge in [-0.15, -0.1) is 0 Å². The number of pyridine rings is 1. The van der Waals surface area contributed by atoms with E-state index in [-0.39, 0.29) is 29.4 Å². The molecule has 10 nitrogen and oxygen atoms in total. The zero-order valence-corrected chi connectivity index (χ0v) is 15.0. The molecule has 0 saturated heterocycles. The van der Waals surface area contributed by atoms with Crippen LogP contribution in [0.4, 0.5) is 11.5 Å². The van der Waals surface area contributed by atoms with Gasteiger partial charge in [0.15, 0.2) is 6.10 Å².